The number of methoxy groups -OCH3 is 2. The molecule has 0 aliphatic carbocycles. The zero-order valence-corrected chi connectivity index (χ0v) is 16.0. The second-order valence-electron chi connectivity index (χ2n) is 6.50. The van der Waals surface area contributed by atoms with E-state index in [0.717, 1.165) is 33.9 Å². The first-order valence-electron chi connectivity index (χ1n) is 8.70. The van der Waals surface area contributed by atoms with E-state index in [-0.39, 0.29) is 11.7 Å². The molecule has 0 aromatic heterocycles. The van der Waals surface area contributed by atoms with Crippen LogP contribution in [0, 0.1) is 5.92 Å². The molecule has 26 heavy (non-hydrogen) atoms. The molecule has 138 valence electrons. The zero-order valence-electron chi connectivity index (χ0n) is 16.0. The van der Waals surface area contributed by atoms with Crippen LogP contribution in [0.15, 0.2) is 49.0 Å². The maximum atomic E-state index is 12.1. The van der Waals surface area contributed by atoms with Crippen LogP contribution in [-0.2, 0) is 17.8 Å². The van der Waals surface area contributed by atoms with E-state index in [2.05, 4.69) is 11.9 Å². The lowest BCUT2D eigenvalue weighted by molar-refractivity contribution is -0.121. The van der Waals surface area contributed by atoms with Crippen LogP contribution in [0.4, 0.5) is 0 Å². The molecular weight excluding hydrogens is 326 g/mol. The molecule has 0 amide bonds. The van der Waals surface area contributed by atoms with Crippen molar-refractivity contribution in [1.29, 1.82) is 0 Å². The summed E-state index contributed by atoms with van der Waals surface area (Å²) >= 11 is 0. The van der Waals surface area contributed by atoms with Crippen LogP contribution in [0.1, 0.15) is 30.5 Å². The van der Waals surface area contributed by atoms with Crippen LogP contribution in [0.2, 0.25) is 0 Å². The molecule has 0 radical (unpaired) electrons. The van der Waals surface area contributed by atoms with E-state index in [1.165, 1.54) is 0 Å². The topological polar surface area (TPSA) is 47.6 Å². The fourth-order valence-corrected chi connectivity index (χ4v) is 2.55. The van der Waals surface area contributed by atoms with Crippen LogP contribution in [0.3, 0.4) is 0 Å². The Morgan fingerprint density at radius 2 is 1.77 bits per heavy atom. The molecule has 4 heteroatoms. The van der Waals surface area contributed by atoms with Gasteiger partial charge in [-0.1, -0.05) is 32.6 Å². The highest BCUT2D eigenvalue weighted by Crippen LogP contribution is 2.24. The van der Waals surface area contributed by atoms with Crippen molar-refractivity contribution in [2.24, 2.45) is 5.92 Å². The normalized spacial score (nSPS) is 10.5. The minimum Gasteiger partial charge on any atom is -0.497 e. The molecule has 0 fully saturated rings. The summed E-state index contributed by atoms with van der Waals surface area (Å²) in [4.78, 5) is 12.1. The summed E-state index contributed by atoms with van der Waals surface area (Å²) in [5.41, 5.74) is 3.78. The monoisotopic (exact) mass is 353 g/mol. The fourth-order valence-electron chi connectivity index (χ4n) is 2.55. The molecular formula is C22H27NO3. The van der Waals surface area contributed by atoms with Crippen molar-refractivity contribution < 1.29 is 14.3 Å². The maximum absolute atomic E-state index is 12.1. The second-order valence-corrected chi connectivity index (χ2v) is 6.50. The Morgan fingerprint density at radius 1 is 1.08 bits per heavy atom. The first kappa shape index (κ1) is 19.6. The number of hydrogen-bond donors (Lipinski definition) is 1. The van der Waals surface area contributed by atoms with Crippen molar-refractivity contribution in [2.75, 3.05) is 14.2 Å². The van der Waals surface area contributed by atoms with E-state index in [1.54, 1.807) is 14.2 Å². The average Bonchev–Trinajstić information content (AvgIpc) is 2.66. The molecule has 1 N–H and O–H groups in total. The van der Waals surface area contributed by atoms with E-state index in [1.807, 2.05) is 56.3 Å². The molecule has 4 nitrogen and oxygen atoms in total. The zero-order chi connectivity index (χ0) is 19.1. The lowest BCUT2D eigenvalue weighted by Crippen LogP contribution is -2.13. The van der Waals surface area contributed by atoms with Crippen molar-refractivity contribution in [3.63, 3.8) is 0 Å². The molecule has 0 bridgehead atoms. The van der Waals surface area contributed by atoms with Gasteiger partial charge < -0.3 is 14.8 Å². The summed E-state index contributed by atoms with van der Waals surface area (Å²) in [5, 5.41) is 3.33. The lowest BCUT2D eigenvalue weighted by Gasteiger charge is -2.14. The van der Waals surface area contributed by atoms with Crippen molar-refractivity contribution in [1.82, 2.24) is 5.32 Å². The smallest absolute Gasteiger partial charge is 0.139 e. The molecule has 0 spiro atoms. The van der Waals surface area contributed by atoms with Gasteiger partial charge in [0, 0.05) is 30.1 Å². The van der Waals surface area contributed by atoms with Gasteiger partial charge in [0.2, 0.25) is 0 Å². The third-order valence-corrected chi connectivity index (χ3v) is 4.30. The lowest BCUT2D eigenvalue weighted by atomic mass is 9.98. The van der Waals surface area contributed by atoms with Crippen molar-refractivity contribution in [3.05, 3.63) is 65.7 Å². The Morgan fingerprint density at radius 3 is 2.35 bits per heavy atom. The van der Waals surface area contributed by atoms with Crippen molar-refractivity contribution in [2.45, 2.75) is 26.8 Å². The molecule has 0 atom stereocenters. The number of nitrogens with one attached hydrogen (secondary N) is 1. The highest BCUT2D eigenvalue weighted by Gasteiger charge is 2.13. The Kier molecular flexibility index (Phi) is 6.84. The predicted molar refractivity (Wildman–Crippen MR) is 105 cm³/mol. The van der Waals surface area contributed by atoms with E-state index >= 15 is 0 Å². The van der Waals surface area contributed by atoms with Crippen LogP contribution in [-0.4, -0.2) is 20.0 Å². The van der Waals surface area contributed by atoms with Crippen LogP contribution in [0.25, 0.3) is 5.70 Å². The summed E-state index contributed by atoms with van der Waals surface area (Å²) in [7, 11) is 3.27. The van der Waals surface area contributed by atoms with Gasteiger partial charge in [0.15, 0.2) is 0 Å². The first-order valence-corrected chi connectivity index (χ1v) is 8.70. The van der Waals surface area contributed by atoms with E-state index < -0.39 is 0 Å². The summed E-state index contributed by atoms with van der Waals surface area (Å²) in [5.74, 6) is 1.75. The molecule has 0 unspecified atom stereocenters. The van der Waals surface area contributed by atoms with Crippen LogP contribution >= 0.6 is 0 Å². The molecule has 0 saturated heterocycles. The number of Topliss-reactive ketones (excluding diaryl/α,β-unsaturated/α-hetero) is 1. The van der Waals surface area contributed by atoms with Gasteiger partial charge in [-0.2, -0.15) is 0 Å². The molecule has 0 saturated carbocycles. The Balaban J connectivity index is 2.08. The number of carbonyl (C=O) groups is 1. The first-order chi connectivity index (χ1) is 12.4. The van der Waals surface area contributed by atoms with Gasteiger partial charge in [-0.25, -0.2) is 0 Å². The minimum absolute atomic E-state index is 0.000221. The number of carbonyl (C=O) groups excluding carboxylic acids is 1. The second kappa shape index (κ2) is 9.09. The third kappa shape index (κ3) is 5.12. The van der Waals surface area contributed by atoms with Gasteiger partial charge in [0.05, 0.1) is 14.2 Å². The van der Waals surface area contributed by atoms with Crippen molar-refractivity contribution >= 4 is 11.5 Å². The van der Waals surface area contributed by atoms with Gasteiger partial charge in [-0.05, 0) is 41.5 Å². The van der Waals surface area contributed by atoms with E-state index in [0.29, 0.717) is 13.0 Å². The third-order valence-electron chi connectivity index (χ3n) is 4.30. The summed E-state index contributed by atoms with van der Waals surface area (Å²) in [6.07, 6.45) is 0.362. The number of ether oxygens (including phenoxy) is 2. The molecule has 0 heterocycles. The quantitative estimate of drug-likeness (QED) is 0.733. The Labute approximate surface area is 155 Å². The number of rotatable bonds is 9. The fraction of sp³-hybridized carbons (Fsp3) is 0.318. The largest absolute Gasteiger partial charge is 0.497 e. The molecule has 2 rings (SSSR count). The highest BCUT2D eigenvalue weighted by atomic mass is 16.5. The molecule has 2 aromatic rings. The Hall–Kier alpha value is -2.75. The summed E-state index contributed by atoms with van der Waals surface area (Å²) in [6.45, 7) is 8.61. The molecule has 2 aromatic carbocycles. The summed E-state index contributed by atoms with van der Waals surface area (Å²) < 4.78 is 10.6. The van der Waals surface area contributed by atoms with Gasteiger partial charge in [0.25, 0.3) is 0 Å². The van der Waals surface area contributed by atoms with Gasteiger partial charge in [-0.15, -0.1) is 0 Å². The number of hydrogen-bond acceptors (Lipinski definition) is 4. The number of ketones is 1. The van der Waals surface area contributed by atoms with Crippen LogP contribution in [0.5, 0.6) is 11.5 Å². The van der Waals surface area contributed by atoms with Gasteiger partial charge >= 0.3 is 0 Å². The maximum Gasteiger partial charge on any atom is 0.139 e. The number of benzene rings is 2. The Bertz CT molecular complexity index is 763. The van der Waals surface area contributed by atoms with Gasteiger partial charge in [0.1, 0.15) is 17.3 Å². The highest BCUT2D eigenvalue weighted by molar-refractivity contribution is 5.83. The SMILES string of the molecule is C=C(NCc1ccc(OC)cc1)c1ccc(OC)c(CC(=O)C(C)C)c1. The van der Waals surface area contributed by atoms with E-state index in [4.69, 9.17) is 9.47 Å². The molecule has 0 aliphatic heterocycles. The average molecular weight is 353 g/mol. The molecule has 0 aliphatic rings. The van der Waals surface area contributed by atoms with E-state index in [9.17, 15) is 4.79 Å². The standard InChI is InChI=1S/C22H27NO3/c1-15(2)21(24)13-19-12-18(8-11-22(19)26-5)16(3)23-14-17-6-9-20(25-4)10-7-17/h6-12,15,23H,3,13-14H2,1-2,4-5H3. The van der Waals surface area contributed by atoms with Gasteiger partial charge in [-0.3, -0.25) is 4.79 Å². The summed E-state index contributed by atoms with van der Waals surface area (Å²) in [6, 6.07) is 13.7. The van der Waals surface area contributed by atoms with Crippen LogP contribution < -0.4 is 14.8 Å². The minimum atomic E-state index is -0.000221. The predicted octanol–water partition coefficient (Wildman–Crippen LogP) is 4.23. The van der Waals surface area contributed by atoms with Crippen molar-refractivity contribution in [3.8, 4) is 11.5 Å².